The molecule has 0 saturated heterocycles. The third kappa shape index (κ3) is 5.68. The number of rotatable bonds is 8. The van der Waals surface area contributed by atoms with Crippen LogP contribution < -0.4 is 15.6 Å². The molecule has 30 heavy (non-hydrogen) atoms. The Bertz CT molecular complexity index is 1050. The van der Waals surface area contributed by atoms with Gasteiger partial charge in [-0.2, -0.15) is 5.10 Å². The molecule has 0 spiro atoms. The molecule has 8 heteroatoms. The van der Waals surface area contributed by atoms with Crippen LogP contribution >= 0.6 is 0 Å². The van der Waals surface area contributed by atoms with E-state index in [-0.39, 0.29) is 31.9 Å². The SMILES string of the molecule is CCOC(=O)Nc1cccc(Cn2nc(-c3ccc(OCCO)cc3)ccc2=O)c1. The van der Waals surface area contributed by atoms with E-state index in [9.17, 15) is 9.59 Å². The largest absolute Gasteiger partial charge is 0.491 e. The van der Waals surface area contributed by atoms with Crippen molar-refractivity contribution in [1.82, 2.24) is 9.78 Å². The predicted molar refractivity (Wildman–Crippen MR) is 113 cm³/mol. The summed E-state index contributed by atoms with van der Waals surface area (Å²) in [6.07, 6.45) is -0.529. The van der Waals surface area contributed by atoms with E-state index in [1.807, 2.05) is 18.2 Å². The van der Waals surface area contributed by atoms with Crippen LogP contribution in [0.15, 0.2) is 65.5 Å². The smallest absolute Gasteiger partial charge is 0.411 e. The van der Waals surface area contributed by atoms with Crippen LogP contribution in [-0.2, 0) is 11.3 Å². The molecule has 2 aromatic carbocycles. The van der Waals surface area contributed by atoms with Gasteiger partial charge in [-0.25, -0.2) is 9.48 Å². The van der Waals surface area contributed by atoms with Gasteiger partial charge in [0.2, 0.25) is 0 Å². The minimum Gasteiger partial charge on any atom is -0.491 e. The molecule has 0 bridgehead atoms. The Morgan fingerprint density at radius 2 is 1.93 bits per heavy atom. The van der Waals surface area contributed by atoms with Gasteiger partial charge in [0.05, 0.1) is 25.5 Å². The quantitative estimate of drug-likeness (QED) is 0.593. The maximum absolute atomic E-state index is 12.3. The first-order chi connectivity index (χ1) is 14.6. The number of amides is 1. The fourth-order valence-electron chi connectivity index (χ4n) is 2.81. The Labute approximate surface area is 173 Å². The molecule has 8 nitrogen and oxygen atoms in total. The van der Waals surface area contributed by atoms with Crippen LogP contribution in [0.1, 0.15) is 12.5 Å². The molecule has 0 aliphatic carbocycles. The Hall–Kier alpha value is -3.65. The Morgan fingerprint density at radius 1 is 1.13 bits per heavy atom. The van der Waals surface area contributed by atoms with Crippen LogP contribution in [0.5, 0.6) is 5.75 Å². The molecule has 0 aliphatic heterocycles. The standard InChI is InChI=1S/C22H23N3O5/c1-2-29-22(28)23-18-5-3-4-16(14-18)15-25-21(27)11-10-20(24-25)17-6-8-19(9-7-17)30-13-12-26/h3-11,14,26H,2,12-13,15H2,1H3,(H,23,28). The average Bonchev–Trinajstić information content (AvgIpc) is 2.75. The zero-order valence-electron chi connectivity index (χ0n) is 16.6. The number of carbonyl (C=O) groups excluding carboxylic acids is 1. The molecule has 1 aromatic heterocycles. The van der Waals surface area contributed by atoms with Crippen molar-refractivity contribution in [3.8, 4) is 17.0 Å². The van der Waals surface area contributed by atoms with Gasteiger partial charge in [-0.15, -0.1) is 0 Å². The molecule has 156 valence electrons. The number of ether oxygens (including phenoxy) is 2. The van der Waals surface area contributed by atoms with Crippen LogP contribution in [0, 0.1) is 0 Å². The number of nitrogens with zero attached hydrogens (tertiary/aromatic N) is 2. The van der Waals surface area contributed by atoms with Gasteiger partial charge in [-0.1, -0.05) is 12.1 Å². The monoisotopic (exact) mass is 409 g/mol. The van der Waals surface area contributed by atoms with E-state index in [1.54, 1.807) is 43.3 Å². The first kappa shape index (κ1) is 21.1. The fraction of sp³-hybridized carbons (Fsp3) is 0.227. The van der Waals surface area contributed by atoms with Gasteiger partial charge in [0.25, 0.3) is 5.56 Å². The molecule has 0 aliphatic rings. The van der Waals surface area contributed by atoms with Crippen LogP contribution in [0.3, 0.4) is 0 Å². The van der Waals surface area contributed by atoms with Crippen molar-refractivity contribution in [3.63, 3.8) is 0 Å². The van der Waals surface area contributed by atoms with Crippen molar-refractivity contribution in [1.29, 1.82) is 0 Å². The van der Waals surface area contributed by atoms with Crippen molar-refractivity contribution in [2.75, 3.05) is 25.1 Å². The summed E-state index contributed by atoms with van der Waals surface area (Å²) in [6.45, 7) is 2.45. The van der Waals surface area contributed by atoms with Crippen molar-refractivity contribution in [2.24, 2.45) is 0 Å². The van der Waals surface area contributed by atoms with Crippen molar-refractivity contribution in [3.05, 3.63) is 76.6 Å². The fourth-order valence-corrected chi connectivity index (χ4v) is 2.81. The highest BCUT2D eigenvalue weighted by Crippen LogP contribution is 2.20. The zero-order chi connectivity index (χ0) is 21.3. The van der Waals surface area contributed by atoms with Crippen molar-refractivity contribution >= 4 is 11.8 Å². The van der Waals surface area contributed by atoms with Gasteiger partial charge < -0.3 is 14.6 Å². The minimum absolute atomic E-state index is 0.0508. The number of aromatic nitrogens is 2. The zero-order valence-corrected chi connectivity index (χ0v) is 16.6. The van der Waals surface area contributed by atoms with Gasteiger partial charge >= 0.3 is 6.09 Å². The lowest BCUT2D eigenvalue weighted by Gasteiger charge is -2.10. The van der Waals surface area contributed by atoms with Crippen LogP contribution in [-0.4, -0.2) is 40.8 Å². The molecule has 0 atom stereocenters. The summed E-state index contributed by atoms with van der Waals surface area (Å²) >= 11 is 0. The number of hydrogen-bond acceptors (Lipinski definition) is 6. The number of carbonyl (C=O) groups is 1. The van der Waals surface area contributed by atoms with Gasteiger partial charge in [-0.05, 0) is 55.0 Å². The number of aliphatic hydroxyl groups excluding tert-OH is 1. The third-order valence-corrected chi connectivity index (χ3v) is 4.16. The van der Waals surface area contributed by atoms with Gasteiger partial charge in [-0.3, -0.25) is 10.1 Å². The number of anilines is 1. The second-order valence-electron chi connectivity index (χ2n) is 6.36. The highest BCUT2D eigenvalue weighted by molar-refractivity contribution is 5.84. The van der Waals surface area contributed by atoms with E-state index in [2.05, 4.69) is 10.4 Å². The third-order valence-electron chi connectivity index (χ3n) is 4.16. The molecule has 0 saturated carbocycles. The lowest BCUT2D eigenvalue weighted by molar-refractivity contribution is 0.168. The highest BCUT2D eigenvalue weighted by atomic mass is 16.5. The molecule has 0 radical (unpaired) electrons. The minimum atomic E-state index is -0.529. The summed E-state index contributed by atoms with van der Waals surface area (Å²) in [6, 6.07) is 17.5. The first-order valence-corrected chi connectivity index (χ1v) is 9.54. The first-order valence-electron chi connectivity index (χ1n) is 9.54. The summed E-state index contributed by atoms with van der Waals surface area (Å²) < 4.78 is 11.6. The molecule has 3 aromatic rings. The average molecular weight is 409 g/mol. The maximum Gasteiger partial charge on any atom is 0.411 e. The molecule has 2 N–H and O–H groups in total. The Balaban J connectivity index is 1.77. The van der Waals surface area contributed by atoms with Gasteiger partial charge in [0, 0.05) is 17.3 Å². The Morgan fingerprint density at radius 3 is 2.67 bits per heavy atom. The number of nitrogens with one attached hydrogen (secondary N) is 1. The van der Waals surface area contributed by atoms with Gasteiger partial charge in [0.1, 0.15) is 12.4 Å². The second kappa shape index (κ2) is 10.2. The summed E-state index contributed by atoms with van der Waals surface area (Å²) in [5.41, 5.74) is 2.63. The maximum atomic E-state index is 12.3. The van der Waals surface area contributed by atoms with Gasteiger partial charge in [0.15, 0.2) is 0 Å². The van der Waals surface area contributed by atoms with E-state index in [1.165, 1.54) is 10.7 Å². The number of aliphatic hydroxyl groups is 1. The Kier molecular flexibility index (Phi) is 7.18. The van der Waals surface area contributed by atoms with E-state index in [4.69, 9.17) is 14.6 Å². The van der Waals surface area contributed by atoms with E-state index in [0.717, 1.165) is 11.1 Å². The van der Waals surface area contributed by atoms with E-state index >= 15 is 0 Å². The second-order valence-corrected chi connectivity index (χ2v) is 6.36. The molecule has 1 amide bonds. The van der Waals surface area contributed by atoms with E-state index in [0.29, 0.717) is 17.1 Å². The molecule has 1 heterocycles. The molecule has 3 rings (SSSR count). The summed E-state index contributed by atoms with van der Waals surface area (Å²) in [7, 11) is 0. The topological polar surface area (TPSA) is 103 Å². The number of benzene rings is 2. The summed E-state index contributed by atoms with van der Waals surface area (Å²) in [5.74, 6) is 0.645. The lowest BCUT2D eigenvalue weighted by Crippen LogP contribution is -2.23. The predicted octanol–water partition coefficient (Wildman–Crippen LogP) is 2.90. The van der Waals surface area contributed by atoms with Crippen LogP contribution in [0.2, 0.25) is 0 Å². The van der Waals surface area contributed by atoms with Crippen LogP contribution in [0.4, 0.5) is 10.5 Å². The molecular weight excluding hydrogens is 386 g/mol. The number of hydrogen-bond donors (Lipinski definition) is 2. The normalized spacial score (nSPS) is 10.5. The molecule has 0 fully saturated rings. The highest BCUT2D eigenvalue weighted by Gasteiger charge is 2.07. The lowest BCUT2D eigenvalue weighted by atomic mass is 10.1. The summed E-state index contributed by atoms with van der Waals surface area (Å²) in [4.78, 5) is 23.9. The summed E-state index contributed by atoms with van der Waals surface area (Å²) in [5, 5.41) is 15.9. The van der Waals surface area contributed by atoms with Crippen molar-refractivity contribution in [2.45, 2.75) is 13.5 Å². The molecular formula is C22H23N3O5. The van der Waals surface area contributed by atoms with Crippen LogP contribution in [0.25, 0.3) is 11.3 Å². The van der Waals surface area contributed by atoms with E-state index < -0.39 is 6.09 Å². The van der Waals surface area contributed by atoms with Crippen molar-refractivity contribution < 1.29 is 19.4 Å². The molecule has 0 unspecified atom stereocenters.